The van der Waals surface area contributed by atoms with Crippen molar-refractivity contribution < 1.29 is 14.3 Å². The van der Waals surface area contributed by atoms with Gasteiger partial charge in [-0.1, -0.05) is 19.1 Å². The summed E-state index contributed by atoms with van der Waals surface area (Å²) in [6.45, 7) is 2.08. The van der Waals surface area contributed by atoms with Crippen molar-refractivity contribution >= 4 is 17.6 Å². The molecule has 0 radical (unpaired) electrons. The molecule has 0 heterocycles. The molecule has 2 N–H and O–H groups in total. The van der Waals surface area contributed by atoms with Crippen LogP contribution in [0.4, 0.5) is 5.69 Å². The first-order chi connectivity index (χ1) is 8.93. The maximum Gasteiger partial charge on any atom is 0.310 e. The summed E-state index contributed by atoms with van der Waals surface area (Å²) < 4.78 is 4.63. The number of anilines is 1. The number of nitrogens with zero attached hydrogens (tertiary/aromatic N) is 1. The topological polar surface area (TPSA) is 72.6 Å². The molecule has 104 valence electrons. The molecule has 1 amide bonds. The summed E-state index contributed by atoms with van der Waals surface area (Å²) in [5.74, 6) is -0.682. The highest BCUT2D eigenvalue weighted by atomic mass is 16.5. The normalized spacial score (nSPS) is 11.7. The lowest BCUT2D eigenvalue weighted by Crippen LogP contribution is -2.35. The van der Waals surface area contributed by atoms with Crippen LogP contribution in [0.2, 0.25) is 0 Å². The maximum atomic E-state index is 12.0. The molecule has 1 aromatic carbocycles. The van der Waals surface area contributed by atoms with E-state index in [4.69, 9.17) is 5.73 Å². The number of esters is 1. The maximum absolute atomic E-state index is 12.0. The van der Waals surface area contributed by atoms with E-state index in [9.17, 15) is 9.59 Å². The van der Waals surface area contributed by atoms with E-state index in [1.54, 1.807) is 26.1 Å². The predicted molar refractivity (Wildman–Crippen MR) is 73.4 cm³/mol. The Kier molecular flexibility index (Phi) is 5.36. The fraction of sp³-hybridized carbons (Fsp3) is 0.429. The van der Waals surface area contributed by atoms with Crippen molar-refractivity contribution in [2.45, 2.75) is 13.3 Å². The van der Waals surface area contributed by atoms with Crippen molar-refractivity contribution in [3.8, 4) is 0 Å². The molecule has 5 nitrogen and oxygen atoms in total. The highest BCUT2D eigenvalue weighted by Gasteiger charge is 2.18. The van der Waals surface area contributed by atoms with Crippen LogP contribution in [0.1, 0.15) is 12.5 Å². The van der Waals surface area contributed by atoms with Crippen LogP contribution >= 0.6 is 0 Å². The first-order valence-corrected chi connectivity index (χ1v) is 6.10. The molecule has 0 aliphatic carbocycles. The lowest BCUT2D eigenvalue weighted by molar-refractivity contribution is -0.146. The number of nitrogens with two attached hydrogens (primary N) is 1. The Morgan fingerprint density at radius 1 is 1.32 bits per heavy atom. The fourth-order valence-corrected chi connectivity index (χ4v) is 1.73. The quantitative estimate of drug-likeness (QED) is 0.638. The Hall–Kier alpha value is -2.04. The second kappa shape index (κ2) is 6.78. The summed E-state index contributed by atoms with van der Waals surface area (Å²) in [6.07, 6.45) is 0.296. The number of ether oxygens (including phenoxy) is 1. The van der Waals surface area contributed by atoms with Crippen LogP contribution in [0.15, 0.2) is 24.3 Å². The van der Waals surface area contributed by atoms with Crippen molar-refractivity contribution in [2.75, 3.05) is 26.4 Å². The van der Waals surface area contributed by atoms with Crippen LogP contribution < -0.4 is 5.73 Å². The van der Waals surface area contributed by atoms with Gasteiger partial charge in [-0.05, 0) is 17.7 Å². The van der Waals surface area contributed by atoms with Gasteiger partial charge in [0.05, 0.1) is 19.4 Å². The molecule has 0 fully saturated rings. The van der Waals surface area contributed by atoms with Gasteiger partial charge in [0.25, 0.3) is 0 Å². The van der Waals surface area contributed by atoms with Gasteiger partial charge in [-0.25, -0.2) is 0 Å². The van der Waals surface area contributed by atoms with Crippen LogP contribution in [0.25, 0.3) is 0 Å². The predicted octanol–water partition coefficient (Wildman–Crippen LogP) is 1.08. The van der Waals surface area contributed by atoms with Gasteiger partial charge in [-0.15, -0.1) is 0 Å². The second-order valence-electron chi connectivity index (χ2n) is 4.62. The second-order valence-corrected chi connectivity index (χ2v) is 4.62. The van der Waals surface area contributed by atoms with Crippen molar-refractivity contribution in [2.24, 2.45) is 5.92 Å². The van der Waals surface area contributed by atoms with Crippen LogP contribution in [-0.4, -0.2) is 37.5 Å². The minimum Gasteiger partial charge on any atom is -0.469 e. The van der Waals surface area contributed by atoms with Crippen LogP contribution in [-0.2, 0) is 20.7 Å². The minimum absolute atomic E-state index is 0.0412. The first kappa shape index (κ1) is 15.0. The largest absolute Gasteiger partial charge is 0.469 e. The summed E-state index contributed by atoms with van der Waals surface area (Å²) in [7, 11) is 3.02. The smallest absolute Gasteiger partial charge is 0.310 e. The van der Waals surface area contributed by atoms with Crippen molar-refractivity contribution in [1.29, 1.82) is 0 Å². The Labute approximate surface area is 113 Å². The molecule has 1 unspecified atom stereocenters. The van der Waals surface area contributed by atoms with Crippen molar-refractivity contribution in [3.63, 3.8) is 0 Å². The Morgan fingerprint density at radius 3 is 2.42 bits per heavy atom. The lowest BCUT2D eigenvalue weighted by atomic mass is 10.1. The first-order valence-electron chi connectivity index (χ1n) is 6.10. The third kappa shape index (κ3) is 4.62. The molecule has 1 aromatic rings. The SMILES string of the molecule is COC(=O)C(C)CN(C)C(=O)Cc1ccc(N)cc1. The molecule has 1 rings (SSSR count). The zero-order valence-corrected chi connectivity index (χ0v) is 11.6. The van der Waals surface area contributed by atoms with Crippen molar-refractivity contribution in [3.05, 3.63) is 29.8 Å². The van der Waals surface area contributed by atoms with Gasteiger partial charge in [0.1, 0.15) is 0 Å². The van der Waals surface area contributed by atoms with E-state index in [1.165, 1.54) is 12.0 Å². The molecule has 0 saturated heterocycles. The lowest BCUT2D eigenvalue weighted by Gasteiger charge is -2.20. The number of hydrogen-bond acceptors (Lipinski definition) is 4. The Bertz CT molecular complexity index is 443. The number of amides is 1. The highest BCUT2D eigenvalue weighted by Crippen LogP contribution is 2.08. The molecule has 0 bridgehead atoms. The van der Waals surface area contributed by atoms with Gasteiger partial charge in [-0.3, -0.25) is 9.59 Å². The van der Waals surface area contributed by atoms with Gasteiger partial charge in [0, 0.05) is 19.3 Å². The molecule has 1 atom stereocenters. The van der Waals surface area contributed by atoms with Gasteiger partial charge < -0.3 is 15.4 Å². The molecular formula is C14H20N2O3. The number of methoxy groups -OCH3 is 1. The monoisotopic (exact) mass is 264 g/mol. The standard InChI is InChI=1S/C14H20N2O3/c1-10(14(18)19-3)9-16(2)13(17)8-11-4-6-12(15)7-5-11/h4-7,10H,8-9,15H2,1-3H3. The van der Waals surface area contributed by atoms with Gasteiger partial charge in [-0.2, -0.15) is 0 Å². The molecule has 19 heavy (non-hydrogen) atoms. The minimum atomic E-state index is -0.328. The summed E-state index contributed by atoms with van der Waals surface area (Å²) in [6, 6.07) is 7.18. The van der Waals surface area contributed by atoms with Crippen LogP contribution in [0.5, 0.6) is 0 Å². The van der Waals surface area contributed by atoms with E-state index in [-0.39, 0.29) is 17.8 Å². The zero-order valence-electron chi connectivity index (χ0n) is 11.6. The summed E-state index contributed by atoms with van der Waals surface area (Å²) >= 11 is 0. The van der Waals surface area contributed by atoms with E-state index < -0.39 is 0 Å². The zero-order chi connectivity index (χ0) is 14.4. The molecule has 5 heteroatoms. The van der Waals surface area contributed by atoms with Crippen LogP contribution in [0.3, 0.4) is 0 Å². The molecule has 0 aromatic heterocycles. The number of benzene rings is 1. The highest BCUT2D eigenvalue weighted by molar-refractivity contribution is 5.79. The van der Waals surface area contributed by atoms with E-state index in [0.29, 0.717) is 18.7 Å². The number of carbonyl (C=O) groups excluding carboxylic acids is 2. The number of rotatable bonds is 5. The Morgan fingerprint density at radius 2 is 1.89 bits per heavy atom. The molecular weight excluding hydrogens is 244 g/mol. The average Bonchev–Trinajstić information content (AvgIpc) is 2.40. The molecule has 0 spiro atoms. The number of nitrogen functional groups attached to an aromatic ring is 1. The van der Waals surface area contributed by atoms with E-state index in [2.05, 4.69) is 4.74 Å². The number of likely N-dealkylation sites (N-methyl/N-ethyl adjacent to an activating group) is 1. The fourth-order valence-electron chi connectivity index (χ4n) is 1.73. The third-order valence-corrected chi connectivity index (χ3v) is 2.91. The molecule has 0 saturated carbocycles. The third-order valence-electron chi connectivity index (χ3n) is 2.91. The number of carbonyl (C=O) groups is 2. The van der Waals surface area contributed by atoms with E-state index >= 15 is 0 Å². The summed E-state index contributed by atoms with van der Waals surface area (Å²) in [5.41, 5.74) is 7.16. The van der Waals surface area contributed by atoms with Crippen molar-refractivity contribution in [1.82, 2.24) is 4.90 Å². The van der Waals surface area contributed by atoms with Gasteiger partial charge >= 0.3 is 5.97 Å². The average molecular weight is 264 g/mol. The Balaban J connectivity index is 2.53. The molecule has 0 aliphatic rings. The summed E-state index contributed by atoms with van der Waals surface area (Å²) in [5, 5.41) is 0. The van der Waals surface area contributed by atoms with Gasteiger partial charge in [0.2, 0.25) is 5.91 Å². The van der Waals surface area contributed by atoms with Gasteiger partial charge in [0.15, 0.2) is 0 Å². The van der Waals surface area contributed by atoms with E-state index in [0.717, 1.165) is 5.56 Å². The number of hydrogen-bond donors (Lipinski definition) is 1. The summed E-state index contributed by atoms with van der Waals surface area (Å²) in [4.78, 5) is 24.8. The van der Waals surface area contributed by atoms with Crippen LogP contribution in [0, 0.1) is 5.92 Å². The van der Waals surface area contributed by atoms with E-state index in [1.807, 2.05) is 12.1 Å². The molecule has 0 aliphatic heterocycles.